The van der Waals surface area contributed by atoms with E-state index in [2.05, 4.69) is 10.6 Å². The normalized spacial score (nSPS) is 20.5. The van der Waals surface area contributed by atoms with Gasteiger partial charge in [-0.1, -0.05) is 18.6 Å². The molecule has 3 N–H and O–H groups in total. The van der Waals surface area contributed by atoms with Crippen LogP contribution in [0, 0.1) is 10.1 Å². The first-order valence-corrected chi connectivity index (χ1v) is 9.50. The molecule has 1 aliphatic rings. The first-order valence-electron chi connectivity index (χ1n) is 8.45. The molecule has 1 saturated carbocycles. The van der Waals surface area contributed by atoms with Gasteiger partial charge in [-0.3, -0.25) is 25.0 Å². The Balaban J connectivity index is 1.85. The van der Waals surface area contributed by atoms with Gasteiger partial charge in [0, 0.05) is 36.2 Å². The summed E-state index contributed by atoms with van der Waals surface area (Å²) >= 11 is 1.62. The van der Waals surface area contributed by atoms with E-state index in [1.54, 1.807) is 23.9 Å². The van der Waals surface area contributed by atoms with Crippen molar-refractivity contribution in [3.05, 3.63) is 39.9 Å². The summed E-state index contributed by atoms with van der Waals surface area (Å²) in [5.74, 6) is -0.545. The highest BCUT2D eigenvalue weighted by molar-refractivity contribution is 7.99. The van der Waals surface area contributed by atoms with E-state index in [4.69, 9.17) is 0 Å². The van der Waals surface area contributed by atoms with E-state index >= 15 is 0 Å². The number of nitro benzene ring substituents is 1. The van der Waals surface area contributed by atoms with Gasteiger partial charge < -0.3 is 10.4 Å². The number of nitro groups is 1. The van der Waals surface area contributed by atoms with E-state index < -0.39 is 16.9 Å². The molecule has 1 fully saturated rings. The third kappa shape index (κ3) is 5.99. The van der Waals surface area contributed by atoms with Crippen molar-refractivity contribution in [3.63, 3.8) is 0 Å². The van der Waals surface area contributed by atoms with Crippen LogP contribution in [-0.4, -0.2) is 45.1 Å². The Labute approximate surface area is 155 Å². The van der Waals surface area contributed by atoms with E-state index in [1.165, 1.54) is 19.1 Å². The zero-order valence-electron chi connectivity index (χ0n) is 14.5. The van der Waals surface area contributed by atoms with E-state index in [1.807, 2.05) is 0 Å². The van der Waals surface area contributed by atoms with Crippen LogP contribution in [0.5, 0.6) is 0 Å². The average Bonchev–Trinajstić information content (AvgIpc) is 3.00. The van der Waals surface area contributed by atoms with E-state index in [0.717, 1.165) is 24.8 Å². The number of non-ortho nitro benzene ring substituents is 1. The van der Waals surface area contributed by atoms with Gasteiger partial charge in [0.1, 0.15) is 6.04 Å². The topological polar surface area (TPSA) is 122 Å². The molecule has 1 aliphatic carbocycles. The fraction of sp³-hybridized carbons (Fsp3) is 0.529. The maximum absolute atomic E-state index is 11.5. The minimum Gasteiger partial charge on any atom is -0.480 e. The highest BCUT2D eigenvalue weighted by Gasteiger charge is 2.28. The molecule has 0 aromatic heterocycles. The van der Waals surface area contributed by atoms with Crippen LogP contribution in [0.1, 0.15) is 31.7 Å². The van der Waals surface area contributed by atoms with Gasteiger partial charge in [0.25, 0.3) is 5.69 Å². The van der Waals surface area contributed by atoms with Gasteiger partial charge in [-0.2, -0.15) is 0 Å². The van der Waals surface area contributed by atoms with Crippen LogP contribution in [0.4, 0.5) is 5.69 Å². The number of nitrogens with zero attached hydrogens (tertiary/aromatic N) is 1. The third-order valence-electron chi connectivity index (χ3n) is 4.35. The van der Waals surface area contributed by atoms with E-state index in [9.17, 15) is 24.8 Å². The van der Waals surface area contributed by atoms with Crippen molar-refractivity contribution >= 4 is 29.3 Å². The molecule has 0 heterocycles. The highest BCUT2D eigenvalue weighted by Crippen LogP contribution is 2.29. The molecule has 2 unspecified atom stereocenters. The van der Waals surface area contributed by atoms with E-state index in [0.29, 0.717) is 5.88 Å². The van der Waals surface area contributed by atoms with Gasteiger partial charge in [-0.15, -0.1) is 11.8 Å². The predicted octanol–water partition coefficient (Wildman–Crippen LogP) is 1.93. The van der Waals surface area contributed by atoms with Gasteiger partial charge in [-0.05, 0) is 24.8 Å². The molecule has 0 aliphatic heterocycles. The first-order chi connectivity index (χ1) is 12.4. The second-order valence-electron chi connectivity index (χ2n) is 6.31. The standard InChI is InChI=1S/C17H23N3O5S/c1-11(21)19-14-3-2-4-16(14)26-10-18-15(17(22)23)9-12-5-7-13(8-6-12)20(24)25/h5-8,14-16,18H,2-4,9-10H2,1H3,(H,19,21)(H,22,23)/t14?,15-,16?/m0/s1. The van der Waals surface area contributed by atoms with Gasteiger partial charge in [0.2, 0.25) is 5.91 Å². The maximum atomic E-state index is 11.5. The van der Waals surface area contributed by atoms with Crippen LogP contribution in [0.25, 0.3) is 0 Å². The lowest BCUT2D eigenvalue weighted by Gasteiger charge is -2.21. The van der Waals surface area contributed by atoms with Crippen molar-refractivity contribution < 1.29 is 19.6 Å². The molecular formula is C17H23N3O5S. The van der Waals surface area contributed by atoms with Crippen molar-refractivity contribution in [1.29, 1.82) is 0 Å². The molecule has 2 rings (SSSR count). The Hall–Kier alpha value is -2.13. The van der Waals surface area contributed by atoms with Gasteiger partial charge in [0.05, 0.1) is 4.92 Å². The lowest BCUT2D eigenvalue weighted by atomic mass is 10.1. The van der Waals surface area contributed by atoms with Crippen LogP contribution in [0.15, 0.2) is 24.3 Å². The van der Waals surface area contributed by atoms with Crippen molar-refractivity contribution in [2.75, 3.05) is 5.88 Å². The van der Waals surface area contributed by atoms with Crippen LogP contribution in [0.3, 0.4) is 0 Å². The number of thioether (sulfide) groups is 1. The second-order valence-corrected chi connectivity index (χ2v) is 7.54. The third-order valence-corrected chi connectivity index (χ3v) is 5.68. The second kappa shape index (κ2) is 9.54. The number of rotatable bonds is 9. The molecule has 0 spiro atoms. The Kier molecular flexibility index (Phi) is 7.40. The summed E-state index contributed by atoms with van der Waals surface area (Å²) in [5.41, 5.74) is 0.701. The first kappa shape index (κ1) is 20.2. The SMILES string of the molecule is CC(=O)NC1CCCC1SCN[C@@H](Cc1ccc([N+](=O)[O-])cc1)C(=O)O. The minimum atomic E-state index is -0.964. The summed E-state index contributed by atoms with van der Waals surface area (Å²) in [6, 6.07) is 5.26. The molecule has 142 valence electrons. The molecule has 0 saturated heterocycles. The number of aliphatic carboxylic acids is 1. The molecule has 3 atom stereocenters. The summed E-state index contributed by atoms with van der Waals surface area (Å²) < 4.78 is 0. The van der Waals surface area contributed by atoms with Crippen molar-refractivity contribution in [3.8, 4) is 0 Å². The van der Waals surface area contributed by atoms with Crippen LogP contribution >= 0.6 is 11.8 Å². The molecule has 0 bridgehead atoms. The maximum Gasteiger partial charge on any atom is 0.321 e. The van der Waals surface area contributed by atoms with Gasteiger partial charge in [-0.25, -0.2) is 0 Å². The molecular weight excluding hydrogens is 358 g/mol. The molecule has 1 amide bonds. The quantitative estimate of drug-likeness (QED) is 0.339. The summed E-state index contributed by atoms with van der Waals surface area (Å²) in [6.07, 6.45) is 3.24. The van der Waals surface area contributed by atoms with Crippen LogP contribution in [-0.2, 0) is 16.0 Å². The predicted molar refractivity (Wildman–Crippen MR) is 99.1 cm³/mol. The van der Waals surface area contributed by atoms with Crippen LogP contribution in [0.2, 0.25) is 0 Å². The summed E-state index contributed by atoms with van der Waals surface area (Å²) in [6.45, 7) is 1.50. The molecule has 1 aromatic carbocycles. The Morgan fingerprint density at radius 3 is 2.62 bits per heavy atom. The van der Waals surface area contributed by atoms with Gasteiger partial charge >= 0.3 is 5.97 Å². The lowest BCUT2D eigenvalue weighted by molar-refractivity contribution is -0.384. The number of carboxylic acids is 1. The fourth-order valence-corrected chi connectivity index (χ4v) is 4.32. The number of hydrogen-bond acceptors (Lipinski definition) is 6. The smallest absolute Gasteiger partial charge is 0.321 e. The molecule has 26 heavy (non-hydrogen) atoms. The number of carboxylic acid groups (broad SMARTS) is 1. The number of carbonyl (C=O) groups is 2. The highest BCUT2D eigenvalue weighted by atomic mass is 32.2. The summed E-state index contributed by atoms with van der Waals surface area (Å²) in [4.78, 5) is 32.9. The van der Waals surface area contributed by atoms with Crippen molar-refractivity contribution in [1.82, 2.24) is 10.6 Å². The molecule has 9 heteroatoms. The Morgan fingerprint density at radius 1 is 1.35 bits per heavy atom. The summed E-state index contributed by atoms with van der Waals surface area (Å²) in [7, 11) is 0. The molecule has 0 radical (unpaired) electrons. The van der Waals surface area contributed by atoms with Crippen LogP contribution < -0.4 is 10.6 Å². The number of amides is 1. The molecule has 8 nitrogen and oxygen atoms in total. The monoisotopic (exact) mass is 381 g/mol. The number of nitrogens with one attached hydrogen (secondary N) is 2. The number of carbonyl (C=O) groups excluding carboxylic acids is 1. The minimum absolute atomic E-state index is 0.0191. The Bertz CT molecular complexity index is 652. The molecule has 1 aromatic rings. The van der Waals surface area contributed by atoms with Crippen molar-refractivity contribution in [2.45, 2.75) is 49.9 Å². The fourth-order valence-electron chi connectivity index (χ4n) is 3.04. The van der Waals surface area contributed by atoms with E-state index in [-0.39, 0.29) is 29.3 Å². The number of hydrogen-bond donors (Lipinski definition) is 3. The lowest BCUT2D eigenvalue weighted by Crippen LogP contribution is -2.41. The zero-order chi connectivity index (χ0) is 19.1. The largest absolute Gasteiger partial charge is 0.480 e. The Morgan fingerprint density at radius 2 is 2.04 bits per heavy atom. The van der Waals surface area contributed by atoms with Gasteiger partial charge in [0.15, 0.2) is 0 Å². The summed E-state index contributed by atoms with van der Waals surface area (Å²) in [5, 5.41) is 26.3. The van der Waals surface area contributed by atoms with Crippen molar-refractivity contribution in [2.24, 2.45) is 0 Å². The zero-order valence-corrected chi connectivity index (χ0v) is 15.3. The average molecular weight is 381 g/mol. The number of benzene rings is 1.